The molecule has 158 valence electrons. The van der Waals surface area contributed by atoms with Crippen LogP contribution in [0.3, 0.4) is 0 Å². The smallest absolute Gasteiger partial charge is 0.239 e. The van der Waals surface area contributed by atoms with E-state index in [1.165, 1.54) is 0 Å². The molecule has 1 amide bonds. The first-order valence-corrected chi connectivity index (χ1v) is 11.5. The van der Waals surface area contributed by atoms with Gasteiger partial charge in [0.05, 0.1) is 36.4 Å². The normalized spacial score (nSPS) is 18.1. The van der Waals surface area contributed by atoms with Crippen molar-refractivity contribution in [3.8, 4) is 5.75 Å². The number of anilines is 1. The maximum Gasteiger partial charge on any atom is 0.239 e. The summed E-state index contributed by atoms with van der Waals surface area (Å²) in [6, 6.07) is 9.35. The number of aromatic nitrogens is 2. The van der Waals surface area contributed by atoms with Gasteiger partial charge in [-0.15, -0.1) is 0 Å². The summed E-state index contributed by atoms with van der Waals surface area (Å²) in [4.78, 5) is 14.4. The highest BCUT2D eigenvalue weighted by Gasteiger charge is 2.31. The number of nitrogens with one attached hydrogen (secondary N) is 1. The third-order valence-electron chi connectivity index (χ3n) is 4.78. The number of benzene rings is 1. The third kappa shape index (κ3) is 5.80. The Morgan fingerprint density at radius 3 is 2.69 bits per heavy atom. The first kappa shape index (κ1) is 21.3. The van der Waals surface area contributed by atoms with E-state index in [9.17, 15) is 13.2 Å². The third-order valence-corrected chi connectivity index (χ3v) is 6.53. The van der Waals surface area contributed by atoms with Crippen LogP contribution in [0.5, 0.6) is 5.75 Å². The number of ether oxygens (including phenoxy) is 1. The molecular weight excluding hydrogens is 392 g/mol. The van der Waals surface area contributed by atoms with Crippen molar-refractivity contribution in [2.45, 2.75) is 32.9 Å². The number of nitrogens with zero attached hydrogens (tertiary/aromatic N) is 3. The Labute approximate surface area is 171 Å². The Hall–Kier alpha value is -2.39. The lowest BCUT2D eigenvalue weighted by Crippen LogP contribution is -2.31. The van der Waals surface area contributed by atoms with Crippen LogP contribution in [0.25, 0.3) is 0 Å². The molecule has 1 aliphatic rings. The van der Waals surface area contributed by atoms with Crippen LogP contribution >= 0.6 is 0 Å². The first-order chi connectivity index (χ1) is 13.8. The topological polar surface area (TPSA) is 93.5 Å². The Morgan fingerprint density at radius 2 is 2.07 bits per heavy atom. The zero-order valence-electron chi connectivity index (χ0n) is 17.1. The van der Waals surface area contributed by atoms with Gasteiger partial charge in [-0.3, -0.25) is 9.69 Å². The Bertz CT molecular complexity index is 953. The standard InChI is InChI=1S/C20H28N4O4S/c1-4-28-18-7-5-16(6-8-18)12-23(3)13-20(25)21-19-11-15(2)22-24(19)17-9-10-29(26,27)14-17/h5-8,11,17H,4,9-10,12-14H2,1-3H3,(H,21,25). The fraction of sp³-hybridized carbons (Fsp3) is 0.500. The van der Waals surface area contributed by atoms with E-state index in [1.807, 2.05) is 50.1 Å². The molecule has 1 fully saturated rings. The molecule has 3 rings (SSSR count). The van der Waals surface area contributed by atoms with Gasteiger partial charge in [0, 0.05) is 12.6 Å². The molecule has 2 aromatic rings. The molecule has 1 unspecified atom stereocenters. The quantitative estimate of drug-likeness (QED) is 0.702. The van der Waals surface area contributed by atoms with E-state index in [0.717, 1.165) is 17.0 Å². The maximum atomic E-state index is 12.5. The zero-order chi connectivity index (χ0) is 21.0. The number of carbonyl (C=O) groups excluding carboxylic acids is 1. The molecule has 1 N–H and O–H groups in total. The van der Waals surface area contributed by atoms with E-state index in [4.69, 9.17) is 4.74 Å². The van der Waals surface area contributed by atoms with Crippen molar-refractivity contribution in [1.29, 1.82) is 0 Å². The van der Waals surface area contributed by atoms with Crippen molar-refractivity contribution >= 4 is 21.6 Å². The molecule has 0 bridgehead atoms. The van der Waals surface area contributed by atoms with Crippen molar-refractivity contribution < 1.29 is 17.9 Å². The number of amides is 1. The molecule has 1 aliphatic heterocycles. The monoisotopic (exact) mass is 420 g/mol. The van der Waals surface area contributed by atoms with E-state index in [1.54, 1.807) is 10.7 Å². The summed E-state index contributed by atoms with van der Waals surface area (Å²) in [5, 5.41) is 7.28. The number of hydrogen-bond donors (Lipinski definition) is 1. The molecule has 0 aliphatic carbocycles. The van der Waals surface area contributed by atoms with Crippen molar-refractivity contribution in [2.75, 3.05) is 37.0 Å². The van der Waals surface area contributed by atoms with Crippen LogP contribution in [0, 0.1) is 6.92 Å². The average molecular weight is 421 g/mol. The summed E-state index contributed by atoms with van der Waals surface area (Å²) >= 11 is 0. The van der Waals surface area contributed by atoms with Gasteiger partial charge in [-0.05, 0) is 45.0 Å². The highest BCUT2D eigenvalue weighted by atomic mass is 32.2. The van der Waals surface area contributed by atoms with Crippen LogP contribution < -0.4 is 10.1 Å². The highest BCUT2D eigenvalue weighted by molar-refractivity contribution is 7.91. The first-order valence-electron chi connectivity index (χ1n) is 9.72. The fourth-order valence-electron chi connectivity index (χ4n) is 3.51. The van der Waals surface area contributed by atoms with Crippen molar-refractivity contribution in [1.82, 2.24) is 14.7 Å². The summed E-state index contributed by atoms with van der Waals surface area (Å²) in [6.45, 7) is 5.23. The van der Waals surface area contributed by atoms with Gasteiger partial charge in [-0.1, -0.05) is 12.1 Å². The number of likely N-dealkylation sites (N-methyl/N-ethyl adjacent to an activating group) is 1. The van der Waals surface area contributed by atoms with Crippen LogP contribution in [0.4, 0.5) is 5.82 Å². The van der Waals surface area contributed by atoms with Gasteiger partial charge in [-0.2, -0.15) is 5.10 Å². The minimum Gasteiger partial charge on any atom is -0.494 e. The summed E-state index contributed by atoms with van der Waals surface area (Å²) in [5.41, 5.74) is 1.83. The molecule has 1 atom stereocenters. The molecule has 1 aromatic heterocycles. The van der Waals surface area contributed by atoms with Crippen molar-refractivity contribution in [3.63, 3.8) is 0 Å². The van der Waals surface area contributed by atoms with E-state index in [0.29, 0.717) is 25.4 Å². The van der Waals surface area contributed by atoms with Gasteiger partial charge in [0.1, 0.15) is 11.6 Å². The van der Waals surface area contributed by atoms with Crippen molar-refractivity contribution in [2.24, 2.45) is 0 Å². The van der Waals surface area contributed by atoms with E-state index in [-0.39, 0.29) is 30.0 Å². The van der Waals surface area contributed by atoms with Gasteiger partial charge in [0.15, 0.2) is 9.84 Å². The van der Waals surface area contributed by atoms with Gasteiger partial charge in [0.25, 0.3) is 0 Å². The molecule has 8 nitrogen and oxygen atoms in total. The minimum atomic E-state index is -3.03. The predicted octanol–water partition coefficient (Wildman–Crippen LogP) is 2.02. The Morgan fingerprint density at radius 1 is 1.34 bits per heavy atom. The van der Waals surface area contributed by atoms with Crippen LogP contribution in [-0.2, 0) is 21.2 Å². The van der Waals surface area contributed by atoms with Gasteiger partial charge >= 0.3 is 0 Å². The largest absolute Gasteiger partial charge is 0.494 e. The Balaban J connectivity index is 1.58. The number of carbonyl (C=O) groups is 1. The maximum absolute atomic E-state index is 12.5. The summed E-state index contributed by atoms with van der Waals surface area (Å²) in [6.07, 6.45) is 0.518. The SMILES string of the molecule is CCOc1ccc(CN(C)CC(=O)Nc2cc(C)nn2C2CCS(=O)(=O)C2)cc1. The van der Waals surface area contributed by atoms with Crippen LogP contribution in [0.2, 0.25) is 0 Å². The lowest BCUT2D eigenvalue weighted by molar-refractivity contribution is -0.117. The molecular formula is C20H28N4O4S. The lowest BCUT2D eigenvalue weighted by Gasteiger charge is -2.18. The van der Waals surface area contributed by atoms with Gasteiger partial charge in [-0.25, -0.2) is 13.1 Å². The molecule has 2 heterocycles. The average Bonchev–Trinajstić information content (AvgIpc) is 3.18. The van der Waals surface area contributed by atoms with E-state index >= 15 is 0 Å². The van der Waals surface area contributed by atoms with E-state index < -0.39 is 9.84 Å². The van der Waals surface area contributed by atoms with Gasteiger partial charge in [0.2, 0.25) is 5.91 Å². The Kier molecular flexibility index (Phi) is 6.59. The molecule has 0 radical (unpaired) electrons. The second-order valence-electron chi connectivity index (χ2n) is 7.47. The molecule has 0 spiro atoms. The summed E-state index contributed by atoms with van der Waals surface area (Å²) in [5.74, 6) is 1.43. The predicted molar refractivity (Wildman–Crippen MR) is 112 cm³/mol. The lowest BCUT2D eigenvalue weighted by atomic mass is 10.2. The highest BCUT2D eigenvalue weighted by Crippen LogP contribution is 2.27. The number of sulfone groups is 1. The number of aryl methyl sites for hydroxylation is 1. The molecule has 1 aromatic carbocycles. The van der Waals surface area contributed by atoms with E-state index in [2.05, 4.69) is 10.4 Å². The molecule has 29 heavy (non-hydrogen) atoms. The second-order valence-corrected chi connectivity index (χ2v) is 9.70. The fourth-order valence-corrected chi connectivity index (χ4v) is 5.20. The van der Waals surface area contributed by atoms with Crippen LogP contribution in [0.15, 0.2) is 30.3 Å². The molecule has 9 heteroatoms. The number of rotatable bonds is 8. The summed E-state index contributed by atoms with van der Waals surface area (Å²) < 4.78 is 30.7. The molecule has 1 saturated heterocycles. The van der Waals surface area contributed by atoms with Crippen molar-refractivity contribution in [3.05, 3.63) is 41.6 Å². The zero-order valence-corrected chi connectivity index (χ0v) is 17.9. The molecule has 0 saturated carbocycles. The second kappa shape index (κ2) is 8.96. The van der Waals surface area contributed by atoms with Crippen LogP contribution in [0.1, 0.15) is 30.6 Å². The van der Waals surface area contributed by atoms with Gasteiger partial charge < -0.3 is 10.1 Å². The van der Waals surface area contributed by atoms with Crippen LogP contribution in [-0.4, -0.2) is 60.7 Å². The minimum absolute atomic E-state index is 0.0641. The summed E-state index contributed by atoms with van der Waals surface area (Å²) in [7, 11) is -1.15. The number of hydrogen-bond acceptors (Lipinski definition) is 6.